The van der Waals surface area contributed by atoms with Crippen LogP contribution in [0.2, 0.25) is 5.02 Å². The molecule has 2 aliphatic heterocycles. The zero-order chi connectivity index (χ0) is 17.2. The highest BCUT2D eigenvalue weighted by atomic mass is 35.5. The number of fused-ring (bicyclic) bond motifs is 1. The molecule has 4 rings (SSSR count). The molecule has 2 aliphatic rings. The summed E-state index contributed by atoms with van der Waals surface area (Å²) >= 11 is 6.20. The lowest BCUT2D eigenvalue weighted by molar-refractivity contribution is 0.242. The Bertz CT molecular complexity index is 821. The number of benzene rings is 1. The molecule has 0 saturated carbocycles. The monoisotopic (exact) mass is 356 g/mol. The van der Waals surface area contributed by atoms with Gasteiger partial charge in [0.25, 0.3) is 0 Å². The van der Waals surface area contributed by atoms with Crippen molar-refractivity contribution < 1.29 is 5.11 Å². The first-order valence-corrected chi connectivity index (χ1v) is 9.15. The number of phenols is 1. The number of aromatic hydroxyl groups is 1. The van der Waals surface area contributed by atoms with Crippen molar-refractivity contribution in [1.29, 1.82) is 0 Å². The molecule has 0 aliphatic carbocycles. The molecular formula is C19H21ClN4O. The Morgan fingerprint density at radius 2 is 2.12 bits per heavy atom. The van der Waals surface area contributed by atoms with Gasteiger partial charge in [-0.3, -0.25) is 9.89 Å². The van der Waals surface area contributed by atoms with E-state index in [2.05, 4.69) is 14.9 Å². The standard InChI is InChI=1S/C19H21ClN4O/c20-18-13(4-3-6-17(18)25)11-24-9-7-15-14(12-24)10-22-19(23-15)16-5-1-2-8-21-16/h3-4,6,10,25H,1-2,5,7-9,11-12H2. The number of halogens is 1. The summed E-state index contributed by atoms with van der Waals surface area (Å²) in [5, 5.41) is 10.2. The zero-order valence-corrected chi connectivity index (χ0v) is 14.8. The normalized spacial score (nSPS) is 17.9. The van der Waals surface area contributed by atoms with E-state index in [4.69, 9.17) is 16.6 Å². The molecule has 0 radical (unpaired) electrons. The van der Waals surface area contributed by atoms with E-state index in [-0.39, 0.29) is 5.75 Å². The van der Waals surface area contributed by atoms with Crippen LogP contribution in [0.3, 0.4) is 0 Å². The number of nitrogens with zero attached hydrogens (tertiary/aromatic N) is 4. The smallest absolute Gasteiger partial charge is 0.173 e. The fourth-order valence-corrected chi connectivity index (χ4v) is 3.64. The third kappa shape index (κ3) is 3.53. The van der Waals surface area contributed by atoms with Gasteiger partial charge in [0, 0.05) is 44.4 Å². The summed E-state index contributed by atoms with van der Waals surface area (Å²) in [6, 6.07) is 5.40. The van der Waals surface area contributed by atoms with Crippen molar-refractivity contribution in [1.82, 2.24) is 14.9 Å². The number of hydrogen-bond donors (Lipinski definition) is 1. The van der Waals surface area contributed by atoms with Crippen LogP contribution in [0.5, 0.6) is 5.75 Å². The first kappa shape index (κ1) is 16.5. The van der Waals surface area contributed by atoms with E-state index in [9.17, 15) is 5.11 Å². The minimum atomic E-state index is 0.137. The van der Waals surface area contributed by atoms with Gasteiger partial charge in [0.15, 0.2) is 5.82 Å². The molecule has 1 N–H and O–H groups in total. The van der Waals surface area contributed by atoms with Crippen LogP contribution in [-0.2, 0) is 19.5 Å². The average molecular weight is 357 g/mol. The molecule has 1 aromatic heterocycles. The first-order valence-electron chi connectivity index (χ1n) is 8.78. The van der Waals surface area contributed by atoms with Crippen molar-refractivity contribution in [3.05, 3.63) is 52.1 Å². The van der Waals surface area contributed by atoms with Gasteiger partial charge in [-0.25, -0.2) is 9.97 Å². The van der Waals surface area contributed by atoms with E-state index >= 15 is 0 Å². The summed E-state index contributed by atoms with van der Waals surface area (Å²) in [6.45, 7) is 3.32. The minimum absolute atomic E-state index is 0.137. The maximum Gasteiger partial charge on any atom is 0.173 e. The quantitative estimate of drug-likeness (QED) is 0.915. The topological polar surface area (TPSA) is 61.6 Å². The van der Waals surface area contributed by atoms with Crippen molar-refractivity contribution in [2.75, 3.05) is 13.1 Å². The Morgan fingerprint density at radius 3 is 2.96 bits per heavy atom. The lowest BCUT2D eigenvalue weighted by Crippen LogP contribution is -2.31. The predicted molar refractivity (Wildman–Crippen MR) is 98.2 cm³/mol. The fourth-order valence-electron chi connectivity index (χ4n) is 3.46. The van der Waals surface area contributed by atoms with Gasteiger partial charge < -0.3 is 5.11 Å². The molecule has 2 aromatic rings. The van der Waals surface area contributed by atoms with Crippen LogP contribution in [0.1, 0.15) is 41.9 Å². The summed E-state index contributed by atoms with van der Waals surface area (Å²) in [5.41, 5.74) is 4.31. The summed E-state index contributed by atoms with van der Waals surface area (Å²) < 4.78 is 0. The second kappa shape index (κ2) is 7.10. The van der Waals surface area contributed by atoms with Gasteiger partial charge in [0.1, 0.15) is 5.75 Å². The Hall–Kier alpha value is -1.98. The number of aromatic nitrogens is 2. The fraction of sp³-hybridized carbons (Fsp3) is 0.421. The van der Waals surface area contributed by atoms with E-state index in [0.717, 1.165) is 55.3 Å². The van der Waals surface area contributed by atoms with E-state index in [1.54, 1.807) is 6.07 Å². The lowest BCUT2D eigenvalue weighted by atomic mass is 10.0. The van der Waals surface area contributed by atoms with Crippen molar-refractivity contribution in [2.45, 2.75) is 38.8 Å². The second-order valence-electron chi connectivity index (χ2n) is 6.66. The molecule has 0 unspecified atom stereocenters. The summed E-state index contributed by atoms with van der Waals surface area (Å²) in [7, 11) is 0. The Balaban J connectivity index is 1.50. The van der Waals surface area contributed by atoms with Crippen LogP contribution in [0.4, 0.5) is 0 Å². The van der Waals surface area contributed by atoms with Crippen LogP contribution in [0, 0.1) is 0 Å². The Morgan fingerprint density at radius 1 is 1.20 bits per heavy atom. The minimum Gasteiger partial charge on any atom is -0.506 e. The highest BCUT2D eigenvalue weighted by Gasteiger charge is 2.21. The first-order chi connectivity index (χ1) is 12.2. The van der Waals surface area contributed by atoms with E-state index < -0.39 is 0 Å². The molecule has 25 heavy (non-hydrogen) atoms. The van der Waals surface area contributed by atoms with Gasteiger partial charge >= 0.3 is 0 Å². The molecule has 5 nitrogen and oxygen atoms in total. The number of phenolic OH excluding ortho intramolecular Hbond substituents is 1. The summed E-state index contributed by atoms with van der Waals surface area (Å²) in [4.78, 5) is 16.2. The van der Waals surface area contributed by atoms with Crippen molar-refractivity contribution in [3.63, 3.8) is 0 Å². The van der Waals surface area contributed by atoms with Crippen LogP contribution in [0.25, 0.3) is 0 Å². The largest absolute Gasteiger partial charge is 0.506 e. The average Bonchev–Trinajstić information content (AvgIpc) is 2.66. The van der Waals surface area contributed by atoms with Crippen LogP contribution >= 0.6 is 11.6 Å². The number of aliphatic imine (C=N–C) groups is 1. The van der Waals surface area contributed by atoms with Crippen LogP contribution in [0.15, 0.2) is 29.4 Å². The Labute approximate surface area is 152 Å². The van der Waals surface area contributed by atoms with E-state index in [1.165, 1.54) is 18.4 Å². The maximum absolute atomic E-state index is 9.76. The molecule has 6 heteroatoms. The zero-order valence-electron chi connectivity index (χ0n) is 14.1. The maximum atomic E-state index is 9.76. The summed E-state index contributed by atoms with van der Waals surface area (Å²) in [5.74, 6) is 0.945. The van der Waals surface area contributed by atoms with Crippen molar-refractivity contribution in [3.8, 4) is 5.75 Å². The SMILES string of the molecule is Oc1cccc(CN2CCc3nc(C4=NCCCC4)ncc3C2)c1Cl. The predicted octanol–water partition coefficient (Wildman–Crippen LogP) is 3.37. The van der Waals surface area contributed by atoms with Crippen LogP contribution in [-0.4, -0.2) is 38.8 Å². The molecule has 3 heterocycles. The molecule has 0 amide bonds. The van der Waals surface area contributed by atoms with Gasteiger partial charge in [-0.15, -0.1) is 0 Å². The van der Waals surface area contributed by atoms with Crippen molar-refractivity contribution in [2.24, 2.45) is 4.99 Å². The van der Waals surface area contributed by atoms with Gasteiger partial charge in [-0.1, -0.05) is 23.7 Å². The molecule has 1 aromatic carbocycles. The van der Waals surface area contributed by atoms with Gasteiger partial charge in [0.05, 0.1) is 16.4 Å². The third-order valence-electron chi connectivity index (χ3n) is 4.85. The van der Waals surface area contributed by atoms with Crippen molar-refractivity contribution >= 4 is 17.3 Å². The molecule has 0 spiro atoms. The number of hydrogen-bond acceptors (Lipinski definition) is 5. The molecular weight excluding hydrogens is 336 g/mol. The van der Waals surface area contributed by atoms with Gasteiger partial charge in [-0.2, -0.15) is 0 Å². The molecule has 130 valence electrons. The van der Waals surface area contributed by atoms with E-state index in [0.29, 0.717) is 11.6 Å². The van der Waals surface area contributed by atoms with Gasteiger partial charge in [0.2, 0.25) is 0 Å². The second-order valence-corrected chi connectivity index (χ2v) is 7.04. The van der Waals surface area contributed by atoms with Crippen LogP contribution < -0.4 is 0 Å². The highest BCUT2D eigenvalue weighted by Crippen LogP contribution is 2.29. The lowest BCUT2D eigenvalue weighted by Gasteiger charge is -2.28. The third-order valence-corrected chi connectivity index (χ3v) is 5.28. The van der Waals surface area contributed by atoms with Gasteiger partial charge in [-0.05, 0) is 30.9 Å². The molecule has 0 fully saturated rings. The van der Waals surface area contributed by atoms with E-state index in [1.807, 2.05) is 18.3 Å². The number of rotatable bonds is 3. The highest BCUT2D eigenvalue weighted by molar-refractivity contribution is 6.32. The Kier molecular flexibility index (Phi) is 4.68. The molecule has 0 saturated heterocycles. The summed E-state index contributed by atoms with van der Waals surface area (Å²) in [6.07, 6.45) is 6.18. The molecule has 0 bridgehead atoms. The molecule has 0 atom stereocenters.